The molecule has 33 heavy (non-hydrogen) atoms. The Morgan fingerprint density at radius 3 is 2.27 bits per heavy atom. The number of halogens is 1. The molecular formula is C25H24ClN3O4. The Balaban J connectivity index is 1.25. The third-order valence-corrected chi connectivity index (χ3v) is 7.09. The zero-order valence-corrected chi connectivity index (χ0v) is 18.8. The van der Waals surface area contributed by atoms with Gasteiger partial charge in [0.1, 0.15) is 6.04 Å². The predicted octanol–water partition coefficient (Wildman–Crippen LogP) is 3.12. The lowest BCUT2D eigenvalue weighted by atomic mass is 9.89. The van der Waals surface area contributed by atoms with E-state index in [-0.39, 0.29) is 18.7 Å². The molecule has 0 radical (unpaired) electrons. The first-order valence-electron chi connectivity index (χ1n) is 11.2. The number of piperidine rings is 2. The number of nitrogens with zero attached hydrogens (tertiary/aromatic N) is 2. The second-order valence-electron chi connectivity index (χ2n) is 8.93. The van der Waals surface area contributed by atoms with Crippen molar-refractivity contribution in [3.8, 4) is 0 Å². The number of carbonyl (C=O) groups is 4. The SMILES string of the molecule is O=C1CCC(N2C(=O)c3ccc(CN4CCC(c5ccc(Cl)cc5)CC4)cc3C2=O)C(=O)N1. The minimum absolute atomic E-state index is 0.112. The quantitative estimate of drug-likeness (QED) is 0.701. The molecule has 2 saturated heterocycles. The summed E-state index contributed by atoms with van der Waals surface area (Å²) in [4.78, 5) is 52.9. The molecule has 2 fully saturated rings. The minimum Gasteiger partial charge on any atom is -0.299 e. The van der Waals surface area contributed by atoms with Gasteiger partial charge in [-0.3, -0.25) is 34.3 Å². The van der Waals surface area contributed by atoms with Crippen LogP contribution >= 0.6 is 11.6 Å². The fourth-order valence-corrected chi connectivity index (χ4v) is 5.16. The van der Waals surface area contributed by atoms with Gasteiger partial charge in [-0.25, -0.2) is 0 Å². The summed E-state index contributed by atoms with van der Waals surface area (Å²) in [5.74, 6) is -1.40. The number of benzene rings is 2. The molecule has 3 heterocycles. The van der Waals surface area contributed by atoms with Crippen molar-refractivity contribution in [2.24, 2.45) is 0 Å². The van der Waals surface area contributed by atoms with Gasteiger partial charge in [-0.05, 0) is 73.7 Å². The zero-order chi connectivity index (χ0) is 23.1. The number of rotatable bonds is 4. The second-order valence-corrected chi connectivity index (χ2v) is 9.37. The van der Waals surface area contributed by atoms with Crippen LogP contribution in [0.5, 0.6) is 0 Å². The first-order valence-corrected chi connectivity index (χ1v) is 11.6. The Hall–Kier alpha value is -3.03. The van der Waals surface area contributed by atoms with Crippen molar-refractivity contribution < 1.29 is 19.2 Å². The van der Waals surface area contributed by atoms with Crippen LogP contribution in [-0.2, 0) is 16.1 Å². The standard InChI is InChI=1S/C25H24ClN3O4/c26-18-4-2-16(3-5-18)17-9-11-28(12-10-17)14-15-1-6-19-20(13-15)25(33)29(24(19)32)21-7-8-22(30)27-23(21)31/h1-6,13,17,21H,7-12,14H2,(H,27,30,31). The molecule has 170 valence electrons. The van der Waals surface area contributed by atoms with Crippen LogP contribution < -0.4 is 5.32 Å². The molecule has 2 aromatic carbocycles. The molecule has 5 rings (SSSR count). The van der Waals surface area contributed by atoms with E-state index < -0.39 is 23.8 Å². The highest BCUT2D eigenvalue weighted by Gasteiger charge is 2.44. The average Bonchev–Trinajstić information content (AvgIpc) is 3.05. The topological polar surface area (TPSA) is 86.8 Å². The van der Waals surface area contributed by atoms with Crippen molar-refractivity contribution in [1.29, 1.82) is 0 Å². The van der Waals surface area contributed by atoms with Crippen LogP contribution in [0.2, 0.25) is 5.02 Å². The Bertz CT molecular complexity index is 1140. The van der Waals surface area contributed by atoms with Crippen LogP contribution in [0.15, 0.2) is 42.5 Å². The van der Waals surface area contributed by atoms with E-state index in [1.165, 1.54) is 5.56 Å². The van der Waals surface area contributed by atoms with Gasteiger partial charge in [0.25, 0.3) is 11.8 Å². The summed E-state index contributed by atoms with van der Waals surface area (Å²) >= 11 is 6.00. The number of hydrogen-bond acceptors (Lipinski definition) is 5. The molecule has 7 nitrogen and oxygen atoms in total. The van der Waals surface area contributed by atoms with Gasteiger partial charge in [0.2, 0.25) is 11.8 Å². The van der Waals surface area contributed by atoms with Gasteiger partial charge < -0.3 is 0 Å². The van der Waals surface area contributed by atoms with E-state index in [1.807, 2.05) is 18.2 Å². The molecule has 1 N–H and O–H groups in total. The van der Waals surface area contributed by atoms with Crippen molar-refractivity contribution in [3.63, 3.8) is 0 Å². The normalized spacial score (nSPS) is 22.0. The number of amides is 4. The van der Waals surface area contributed by atoms with Gasteiger partial charge >= 0.3 is 0 Å². The summed E-state index contributed by atoms with van der Waals surface area (Å²) < 4.78 is 0. The lowest BCUT2D eigenvalue weighted by molar-refractivity contribution is -0.136. The number of hydrogen-bond donors (Lipinski definition) is 1. The van der Waals surface area contributed by atoms with E-state index in [0.717, 1.165) is 41.4 Å². The van der Waals surface area contributed by atoms with Crippen LogP contribution in [-0.4, -0.2) is 52.6 Å². The number of fused-ring (bicyclic) bond motifs is 1. The number of nitrogens with one attached hydrogen (secondary N) is 1. The predicted molar refractivity (Wildman–Crippen MR) is 122 cm³/mol. The van der Waals surface area contributed by atoms with Crippen molar-refractivity contribution in [2.45, 2.75) is 44.2 Å². The molecule has 0 aliphatic carbocycles. The van der Waals surface area contributed by atoms with Crippen molar-refractivity contribution in [1.82, 2.24) is 15.1 Å². The molecule has 1 atom stereocenters. The maximum absolute atomic E-state index is 13.0. The zero-order valence-electron chi connectivity index (χ0n) is 18.1. The van der Waals surface area contributed by atoms with Gasteiger partial charge in [0, 0.05) is 18.0 Å². The summed E-state index contributed by atoms with van der Waals surface area (Å²) in [5, 5.41) is 2.97. The van der Waals surface area contributed by atoms with Gasteiger partial charge in [-0.1, -0.05) is 29.8 Å². The van der Waals surface area contributed by atoms with Crippen LogP contribution in [0, 0.1) is 0 Å². The minimum atomic E-state index is -0.939. The lowest BCUT2D eigenvalue weighted by Gasteiger charge is -2.32. The number of imide groups is 2. The van der Waals surface area contributed by atoms with Crippen LogP contribution in [0.4, 0.5) is 0 Å². The third kappa shape index (κ3) is 4.18. The number of likely N-dealkylation sites (tertiary alicyclic amines) is 1. The van der Waals surface area contributed by atoms with Gasteiger partial charge in [-0.2, -0.15) is 0 Å². The smallest absolute Gasteiger partial charge is 0.262 e. The molecule has 0 spiro atoms. The fourth-order valence-electron chi connectivity index (χ4n) is 5.03. The summed E-state index contributed by atoms with van der Waals surface area (Å²) in [5.41, 5.74) is 2.92. The van der Waals surface area contributed by atoms with Crippen LogP contribution in [0.1, 0.15) is 63.4 Å². The second kappa shape index (κ2) is 8.72. The summed E-state index contributed by atoms with van der Waals surface area (Å²) in [6.45, 7) is 2.58. The summed E-state index contributed by atoms with van der Waals surface area (Å²) in [7, 11) is 0. The molecule has 3 aliphatic heterocycles. The maximum Gasteiger partial charge on any atom is 0.262 e. The highest BCUT2D eigenvalue weighted by atomic mass is 35.5. The van der Waals surface area contributed by atoms with E-state index in [9.17, 15) is 19.2 Å². The lowest BCUT2D eigenvalue weighted by Crippen LogP contribution is -2.54. The molecule has 0 aromatic heterocycles. The van der Waals surface area contributed by atoms with E-state index in [4.69, 9.17) is 11.6 Å². The Labute approximate surface area is 196 Å². The Kier molecular flexibility index (Phi) is 5.76. The molecular weight excluding hydrogens is 442 g/mol. The molecule has 0 saturated carbocycles. The maximum atomic E-state index is 13.0. The van der Waals surface area contributed by atoms with E-state index in [0.29, 0.717) is 23.6 Å². The third-order valence-electron chi connectivity index (χ3n) is 6.84. The summed E-state index contributed by atoms with van der Waals surface area (Å²) in [6, 6.07) is 12.5. The molecule has 2 aromatic rings. The fraction of sp³-hybridized carbons (Fsp3) is 0.360. The van der Waals surface area contributed by atoms with Crippen molar-refractivity contribution in [3.05, 3.63) is 69.7 Å². The molecule has 0 bridgehead atoms. The Morgan fingerprint density at radius 1 is 0.879 bits per heavy atom. The largest absolute Gasteiger partial charge is 0.299 e. The van der Waals surface area contributed by atoms with E-state index >= 15 is 0 Å². The van der Waals surface area contributed by atoms with Crippen molar-refractivity contribution >= 4 is 35.2 Å². The average molecular weight is 466 g/mol. The molecule has 1 unspecified atom stereocenters. The highest BCUT2D eigenvalue weighted by molar-refractivity contribution is 6.30. The molecule has 4 amide bonds. The highest BCUT2D eigenvalue weighted by Crippen LogP contribution is 2.31. The van der Waals surface area contributed by atoms with Gasteiger partial charge in [-0.15, -0.1) is 0 Å². The van der Waals surface area contributed by atoms with Crippen LogP contribution in [0.25, 0.3) is 0 Å². The first kappa shape index (κ1) is 21.8. The van der Waals surface area contributed by atoms with E-state index in [1.54, 1.807) is 12.1 Å². The van der Waals surface area contributed by atoms with Crippen molar-refractivity contribution in [2.75, 3.05) is 13.1 Å². The Morgan fingerprint density at radius 2 is 1.58 bits per heavy atom. The van der Waals surface area contributed by atoms with Crippen LogP contribution in [0.3, 0.4) is 0 Å². The van der Waals surface area contributed by atoms with Gasteiger partial charge in [0.15, 0.2) is 0 Å². The summed E-state index contributed by atoms with van der Waals surface area (Å²) in [6.07, 6.45) is 2.37. The monoisotopic (exact) mass is 465 g/mol. The molecule has 3 aliphatic rings. The first-order chi connectivity index (χ1) is 15.9. The number of carbonyl (C=O) groups excluding carboxylic acids is 4. The molecule has 8 heteroatoms. The van der Waals surface area contributed by atoms with E-state index in [2.05, 4.69) is 22.3 Å². The van der Waals surface area contributed by atoms with Gasteiger partial charge in [0.05, 0.1) is 11.1 Å².